The van der Waals surface area contributed by atoms with Gasteiger partial charge in [0.15, 0.2) is 5.82 Å². The molecule has 158 valence electrons. The molecule has 0 spiro atoms. The quantitative estimate of drug-likeness (QED) is 0.692. The van der Waals surface area contributed by atoms with Crippen LogP contribution in [0.4, 0.5) is 10.2 Å². The smallest absolute Gasteiger partial charge is 0.255 e. The first kappa shape index (κ1) is 19.6. The molecular weight excluding hydrogens is 393 g/mol. The number of hydrogen-bond acceptors (Lipinski definition) is 5. The Kier molecular flexibility index (Phi) is 5.10. The van der Waals surface area contributed by atoms with Crippen molar-refractivity contribution in [2.24, 2.45) is 5.92 Å². The first-order valence-electron chi connectivity index (χ1n) is 10.7. The van der Waals surface area contributed by atoms with Gasteiger partial charge in [0.2, 0.25) is 0 Å². The van der Waals surface area contributed by atoms with E-state index >= 15 is 0 Å². The van der Waals surface area contributed by atoms with Gasteiger partial charge in [-0.3, -0.25) is 4.79 Å². The lowest BCUT2D eigenvalue weighted by atomic mass is 9.76. The predicted molar refractivity (Wildman–Crippen MR) is 116 cm³/mol. The van der Waals surface area contributed by atoms with E-state index in [0.717, 1.165) is 30.6 Å². The second-order valence-electron chi connectivity index (χ2n) is 8.41. The summed E-state index contributed by atoms with van der Waals surface area (Å²) in [5.74, 6) is 0.809. The Balaban J connectivity index is 1.45. The molecule has 3 aliphatic rings. The van der Waals surface area contributed by atoms with E-state index in [9.17, 15) is 9.18 Å². The zero-order valence-electron chi connectivity index (χ0n) is 17.3. The van der Waals surface area contributed by atoms with Gasteiger partial charge in [0, 0.05) is 31.2 Å². The molecule has 0 radical (unpaired) electrons. The van der Waals surface area contributed by atoms with E-state index in [1.165, 1.54) is 6.07 Å². The molecular formula is C24H24FN5O. The van der Waals surface area contributed by atoms with Gasteiger partial charge in [-0.05, 0) is 61.9 Å². The van der Waals surface area contributed by atoms with Gasteiger partial charge in [-0.1, -0.05) is 12.1 Å². The summed E-state index contributed by atoms with van der Waals surface area (Å²) < 4.78 is 14.8. The number of pyridine rings is 1. The zero-order valence-corrected chi connectivity index (χ0v) is 17.3. The Bertz CT molecular complexity index is 1090. The Morgan fingerprint density at radius 2 is 1.94 bits per heavy atom. The Morgan fingerprint density at radius 3 is 2.68 bits per heavy atom. The summed E-state index contributed by atoms with van der Waals surface area (Å²) >= 11 is 0. The number of fused-ring (bicyclic) bond motifs is 3. The third-order valence-electron chi connectivity index (χ3n) is 6.32. The SMILES string of the molecule is Cc1ccc(NC2CC3CCC2N(C(=O)c2cccc(F)c2-c2ncccn2)C3)nc1. The van der Waals surface area contributed by atoms with Crippen molar-refractivity contribution in [3.05, 3.63) is 71.9 Å². The first-order chi connectivity index (χ1) is 15.1. The van der Waals surface area contributed by atoms with Crippen LogP contribution < -0.4 is 5.32 Å². The number of aryl methyl sites for hydroxylation is 1. The third kappa shape index (κ3) is 3.76. The Morgan fingerprint density at radius 1 is 1.10 bits per heavy atom. The lowest BCUT2D eigenvalue weighted by Crippen LogP contribution is -2.59. The minimum absolute atomic E-state index is 0.0356. The number of benzene rings is 1. The topological polar surface area (TPSA) is 71.0 Å². The van der Waals surface area contributed by atoms with Crippen LogP contribution in [0.1, 0.15) is 35.2 Å². The average Bonchev–Trinajstić information content (AvgIpc) is 2.81. The normalized spacial score (nSPS) is 22.4. The van der Waals surface area contributed by atoms with Crippen molar-refractivity contribution in [1.82, 2.24) is 19.9 Å². The Labute approximate surface area is 180 Å². The fourth-order valence-electron chi connectivity index (χ4n) is 4.84. The summed E-state index contributed by atoms with van der Waals surface area (Å²) in [7, 11) is 0. The largest absolute Gasteiger partial charge is 0.365 e. The van der Waals surface area contributed by atoms with Gasteiger partial charge in [0.1, 0.15) is 11.6 Å². The number of halogens is 1. The van der Waals surface area contributed by atoms with Crippen molar-refractivity contribution in [1.29, 1.82) is 0 Å². The van der Waals surface area contributed by atoms with E-state index < -0.39 is 5.82 Å². The molecule has 3 unspecified atom stereocenters. The summed E-state index contributed by atoms with van der Waals surface area (Å²) in [5.41, 5.74) is 1.58. The van der Waals surface area contributed by atoms with Crippen LogP contribution >= 0.6 is 0 Å². The van der Waals surface area contributed by atoms with E-state index in [1.807, 2.05) is 30.2 Å². The molecule has 2 bridgehead atoms. The van der Waals surface area contributed by atoms with Crippen molar-refractivity contribution >= 4 is 11.7 Å². The number of nitrogens with one attached hydrogen (secondary N) is 1. The number of carbonyl (C=O) groups excluding carboxylic acids is 1. The summed E-state index contributed by atoms with van der Waals surface area (Å²) in [6, 6.07) is 10.4. The number of anilines is 1. The van der Waals surface area contributed by atoms with Gasteiger partial charge >= 0.3 is 0 Å². The highest BCUT2D eigenvalue weighted by molar-refractivity contribution is 6.00. The highest BCUT2D eigenvalue weighted by Crippen LogP contribution is 2.38. The van der Waals surface area contributed by atoms with Crippen molar-refractivity contribution in [2.75, 3.05) is 11.9 Å². The van der Waals surface area contributed by atoms with E-state index in [-0.39, 0.29) is 29.4 Å². The maximum atomic E-state index is 14.8. The number of carbonyl (C=O) groups is 1. The van der Waals surface area contributed by atoms with Crippen molar-refractivity contribution in [3.63, 3.8) is 0 Å². The average molecular weight is 417 g/mol. The van der Waals surface area contributed by atoms with Crippen molar-refractivity contribution in [3.8, 4) is 11.4 Å². The maximum absolute atomic E-state index is 14.8. The number of hydrogen-bond donors (Lipinski definition) is 1. The van der Waals surface area contributed by atoms with Gasteiger partial charge in [0.25, 0.3) is 5.91 Å². The molecule has 31 heavy (non-hydrogen) atoms. The summed E-state index contributed by atoms with van der Waals surface area (Å²) in [4.78, 5) is 28.4. The van der Waals surface area contributed by atoms with Gasteiger partial charge in [-0.25, -0.2) is 19.3 Å². The fourth-order valence-corrected chi connectivity index (χ4v) is 4.84. The van der Waals surface area contributed by atoms with Gasteiger partial charge < -0.3 is 10.2 Å². The van der Waals surface area contributed by atoms with E-state index in [4.69, 9.17) is 0 Å². The summed E-state index contributed by atoms with van der Waals surface area (Å²) in [6.45, 7) is 2.70. The van der Waals surface area contributed by atoms with Crippen molar-refractivity contribution in [2.45, 2.75) is 38.3 Å². The fraction of sp³-hybridized carbons (Fsp3) is 0.333. The molecule has 3 aromatic rings. The minimum Gasteiger partial charge on any atom is -0.365 e. The standard InChI is InChI=1S/C24H24FN5O/c1-15-6-9-21(28-13-15)29-19-12-16-7-8-20(19)30(14-16)24(31)17-4-2-5-18(25)22(17)23-26-10-3-11-27-23/h2-6,9-11,13,16,19-20H,7-8,12,14H2,1H3,(H,28,29). The van der Waals surface area contributed by atoms with Crippen LogP contribution in [0.5, 0.6) is 0 Å². The highest BCUT2D eigenvalue weighted by Gasteiger charge is 2.43. The number of piperidine rings is 2. The van der Waals surface area contributed by atoms with Crippen LogP contribution in [-0.2, 0) is 0 Å². The second kappa shape index (κ2) is 8.06. The van der Waals surface area contributed by atoms with E-state index in [1.54, 1.807) is 30.6 Å². The molecule has 2 saturated heterocycles. The maximum Gasteiger partial charge on any atom is 0.255 e. The molecule has 1 amide bonds. The number of nitrogens with zero attached hydrogens (tertiary/aromatic N) is 4. The molecule has 2 aliphatic heterocycles. The molecule has 1 aliphatic carbocycles. The summed E-state index contributed by atoms with van der Waals surface area (Å²) in [5, 5.41) is 3.53. The van der Waals surface area contributed by atoms with Crippen LogP contribution in [-0.4, -0.2) is 44.4 Å². The van der Waals surface area contributed by atoms with E-state index in [0.29, 0.717) is 18.0 Å². The molecule has 3 fully saturated rings. The van der Waals surface area contributed by atoms with Gasteiger partial charge in [0.05, 0.1) is 17.2 Å². The summed E-state index contributed by atoms with van der Waals surface area (Å²) in [6.07, 6.45) is 7.98. The monoisotopic (exact) mass is 417 g/mol. The minimum atomic E-state index is -0.488. The molecule has 6 nitrogen and oxygen atoms in total. The number of amides is 1. The van der Waals surface area contributed by atoms with Crippen LogP contribution in [0.3, 0.4) is 0 Å². The Hall–Kier alpha value is -3.35. The van der Waals surface area contributed by atoms with Crippen molar-refractivity contribution < 1.29 is 9.18 Å². The van der Waals surface area contributed by atoms with Crippen LogP contribution in [0.15, 0.2) is 55.0 Å². The molecule has 6 rings (SSSR count). The highest BCUT2D eigenvalue weighted by atomic mass is 19.1. The predicted octanol–water partition coefficient (Wildman–Crippen LogP) is 4.09. The first-order valence-corrected chi connectivity index (χ1v) is 10.7. The van der Waals surface area contributed by atoms with Crippen LogP contribution in [0.25, 0.3) is 11.4 Å². The molecule has 1 saturated carbocycles. The van der Waals surface area contributed by atoms with Gasteiger partial charge in [-0.15, -0.1) is 0 Å². The molecule has 4 heterocycles. The molecule has 1 N–H and O–H groups in total. The van der Waals surface area contributed by atoms with E-state index in [2.05, 4.69) is 20.3 Å². The van der Waals surface area contributed by atoms with Crippen LogP contribution in [0.2, 0.25) is 0 Å². The molecule has 2 aromatic heterocycles. The molecule has 1 aromatic carbocycles. The molecule has 3 atom stereocenters. The number of aromatic nitrogens is 3. The van der Waals surface area contributed by atoms with Crippen LogP contribution in [0, 0.1) is 18.7 Å². The zero-order chi connectivity index (χ0) is 21.4. The lowest BCUT2D eigenvalue weighted by molar-refractivity contribution is 0.0282. The second-order valence-corrected chi connectivity index (χ2v) is 8.41. The van der Waals surface area contributed by atoms with Gasteiger partial charge in [-0.2, -0.15) is 0 Å². The lowest BCUT2D eigenvalue weighted by Gasteiger charge is -2.50. The number of rotatable bonds is 4. The third-order valence-corrected chi connectivity index (χ3v) is 6.32. The molecule has 7 heteroatoms.